The number of amides is 1. The van der Waals surface area contributed by atoms with E-state index >= 15 is 0 Å². The van der Waals surface area contributed by atoms with Crippen molar-refractivity contribution in [1.82, 2.24) is 19.7 Å². The number of aromatic nitrogens is 4. The number of fused-ring (bicyclic) bond motifs is 1. The Kier molecular flexibility index (Phi) is 3.78. The Bertz CT molecular complexity index is 879. The molecule has 1 aliphatic heterocycles. The van der Waals surface area contributed by atoms with E-state index in [0.717, 1.165) is 16.8 Å². The van der Waals surface area contributed by atoms with Gasteiger partial charge in [0.25, 0.3) is 5.95 Å². The molecule has 1 aromatic carbocycles. The largest absolute Gasteiger partial charge is 0.309 e. The van der Waals surface area contributed by atoms with E-state index in [9.17, 15) is 4.79 Å². The van der Waals surface area contributed by atoms with E-state index in [4.69, 9.17) is 0 Å². The number of carbonyl (C=O) groups excluding carboxylic acids is 1. The van der Waals surface area contributed by atoms with Crippen molar-refractivity contribution in [2.45, 2.75) is 12.2 Å². The number of aryl methyl sites for hydroxylation is 1. The summed E-state index contributed by atoms with van der Waals surface area (Å²) in [7, 11) is 0. The molecule has 1 aliphatic rings. The summed E-state index contributed by atoms with van der Waals surface area (Å²) in [6, 6.07) is 11.9. The number of nitrogens with one attached hydrogen (secondary N) is 1. The molecule has 0 saturated heterocycles. The van der Waals surface area contributed by atoms with E-state index in [1.54, 1.807) is 34.9 Å². The Morgan fingerprint density at radius 2 is 1.92 bits per heavy atom. The molecule has 0 fully saturated rings. The Hall–Kier alpha value is -2.67. The van der Waals surface area contributed by atoms with Crippen LogP contribution in [0.25, 0.3) is 5.95 Å². The second kappa shape index (κ2) is 6.09. The number of nitrogens with zero attached hydrogens (tertiary/aromatic N) is 4. The molecule has 7 heteroatoms. The summed E-state index contributed by atoms with van der Waals surface area (Å²) in [5, 5.41) is 7.59. The van der Waals surface area contributed by atoms with Crippen molar-refractivity contribution in [2.24, 2.45) is 0 Å². The molecule has 120 valence electrons. The lowest BCUT2D eigenvalue weighted by Gasteiger charge is -2.15. The highest BCUT2D eigenvalue weighted by Crippen LogP contribution is 2.43. The van der Waals surface area contributed by atoms with Crippen LogP contribution < -0.4 is 5.32 Å². The first kappa shape index (κ1) is 14.9. The monoisotopic (exact) mass is 337 g/mol. The first-order valence-corrected chi connectivity index (χ1v) is 8.62. The highest BCUT2D eigenvalue weighted by atomic mass is 32.2. The van der Waals surface area contributed by atoms with E-state index in [1.807, 2.05) is 25.1 Å². The number of thioether (sulfide) groups is 1. The molecule has 0 unspecified atom stereocenters. The fourth-order valence-electron chi connectivity index (χ4n) is 2.82. The third-order valence-corrected chi connectivity index (χ3v) is 5.12. The molecule has 1 N–H and O–H groups in total. The minimum atomic E-state index is -0.0447. The average molecular weight is 337 g/mol. The number of hydrogen-bond acceptors (Lipinski definition) is 5. The first-order valence-electron chi connectivity index (χ1n) is 7.57. The number of carbonyl (C=O) groups is 1. The number of rotatable bonds is 2. The van der Waals surface area contributed by atoms with Crippen LogP contribution in [0, 0.1) is 6.92 Å². The predicted octanol–water partition coefficient (Wildman–Crippen LogP) is 2.75. The maximum absolute atomic E-state index is 12.2. The van der Waals surface area contributed by atoms with Gasteiger partial charge >= 0.3 is 0 Å². The number of anilines is 1. The summed E-state index contributed by atoms with van der Waals surface area (Å²) in [6.45, 7) is 1.95. The summed E-state index contributed by atoms with van der Waals surface area (Å²) >= 11 is 1.60. The van der Waals surface area contributed by atoms with Crippen LogP contribution in [0.4, 0.5) is 5.82 Å². The summed E-state index contributed by atoms with van der Waals surface area (Å²) in [5.41, 5.74) is 3.02. The van der Waals surface area contributed by atoms with Crippen LogP contribution in [-0.4, -0.2) is 31.4 Å². The van der Waals surface area contributed by atoms with Gasteiger partial charge in [-0.2, -0.15) is 9.78 Å². The van der Waals surface area contributed by atoms with Crippen molar-refractivity contribution in [3.8, 4) is 5.95 Å². The molecule has 1 amide bonds. The molecule has 24 heavy (non-hydrogen) atoms. The van der Waals surface area contributed by atoms with Gasteiger partial charge < -0.3 is 5.32 Å². The van der Waals surface area contributed by atoms with Crippen LogP contribution in [0.3, 0.4) is 0 Å². The normalized spacial score (nSPS) is 17.0. The van der Waals surface area contributed by atoms with Crippen molar-refractivity contribution in [3.05, 3.63) is 65.6 Å². The third kappa shape index (κ3) is 2.56. The van der Waals surface area contributed by atoms with Gasteiger partial charge in [0.2, 0.25) is 5.91 Å². The van der Waals surface area contributed by atoms with Crippen molar-refractivity contribution in [2.75, 3.05) is 11.1 Å². The summed E-state index contributed by atoms with van der Waals surface area (Å²) in [6.07, 6.45) is 3.32. The average Bonchev–Trinajstić information content (AvgIpc) is 2.83. The van der Waals surface area contributed by atoms with Crippen LogP contribution in [0.2, 0.25) is 0 Å². The Labute approximate surface area is 143 Å². The Balaban J connectivity index is 1.90. The van der Waals surface area contributed by atoms with Crippen LogP contribution >= 0.6 is 11.8 Å². The molecule has 0 saturated carbocycles. The van der Waals surface area contributed by atoms with Gasteiger partial charge in [0, 0.05) is 18.0 Å². The molecule has 2 aromatic heterocycles. The zero-order chi connectivity index (χ0) is 16.5. The van der Waals surface area contributed by atoms with Gasteiger partial charge in [-0.1, -0.05) is 30.3 Å². The number of benzene rings is 1. The smallest absolute Gasteiger partial charge is 0.252 e. The topological polar surface area (TPSA) is 72.7 Å². The molecule has 1 atom stereocenters. The first-order chi connectivity index (χ1) is 11.7. The van der Waals surface area contributed by atoms with Gasteiger partial charge in [-0.05, 0) is 18.6 Å². The van der Waals surface area contributed by atoms with Crippen molar-refractivity contribution in [1.29, 1.82) is 0 Å². The number of hydrogen-bond donors (Lipinski definition) is 1. The molecule has 3 aromatic rings. The van der Waals surface area contributed by atoms with Crippen LogP contribution in [-0.2, 0) is 4.79 Å². The quantitative estimate of drug-likeness (QED) is 0.778. The van der Waals surface area contributed by atoms with Gasteiger partial charge in [0.15, 0.2) is 0 Å². The fraction of sp³-hybridized carbons (Fsp3) is 0.176. The molecule has 0 radical (unpaired) electrons. The van der Waals surface area contributed by atoms with Gasteiger partial charge in [-0.15, -0.1) is 11.8 Å². The zero-order valence-electron chi connectivity index (χ0n) is 13.0. The molecule has 4 rings (SSSR count). The van der Waals surface area contributed by atoms with E-state index < -0.39 is 0 Å². The predicted molar refractivity (Wildman–Crippen MR) is 93.3 cm³/mol. The van der Waals surface area contributed by atoms with Gasteiger partial charge in [-0.3, -0.25) is 4.79 Å². The summed E-state index contributed by atoms with van der Waals surface area (Å²) < 4.78 is 1.62. The van der Waals surface area contributed by atoms with E-state index in [1.165, 1.54) is 0 Å². The van der Waals surface area contributed by atoms with E-state index in [-0.39, 0.29) is 11.2 Å². The van der Waals surface area contributed by atoms with Gasteiger partial charge in [-0.25, -0.2) is 9.97 Å². The highest BCUT2D eigenvalue weighted by molar-refractivity contribution is 8.00. The summed E-state index contributed by atoms with van der Waals surface area (Å²) in [5.74, 6) is 1.45. The maximum atomic E-state index is 12.2. The second-order valence-corrected chi connectivity index (χ2v) is 6.55. The Morgan fingerprint density at radius 3 is 2.67 bits per heavy atom. The minimum absolute atomic E-state index is 0.0395. The molecule has 6 nitrogen and oxygen atoms in total. The second-order valence-electron chi connectivity index (χ2n) is 5.46. The molecule has 3 heterocycles. The molecular formula is C17H15N5OS. The minimum Gasteiger partial charge on any atom is -0.309 e. The molecule has 0 aliphatic carbocycles. The summed E-state index contributed by atoms with van der Waals surface area (Å²) in [4.78, 5) is 20.7. The third-order valence-electron chi connectivity index (χ3n) is 3.85. The van der Waals surface area contributed by atoms with E-state index in [2.05, 4.69) is 32.5 Å². The maximum Gasteiger partial charge on any atom is 0.252 e. The fourth-order valence-corrected chi connectivity index (χ4v) is 4.01. The van der Waals surface area contributed by atoms with Gasteiger partial charge in [0.05, 0.1) is 16.7 Å². The van der Waals surface area contributed by atoms with E-state index in [0.29, 0.717) is 17.5 Å². The lowest BCUT2D eigenvalue weighted by Crippen LogP contribution is -2.16. The highest BCUT2D eigenvalue weighted by Gasteiger charge is 2.30. The van der Waals surface area contributed by atoms with Crippen LogP contribution in [0.15, 0.2) is 48.8 Å². The standard InChI is InChI=1S/C17H15N5OS/c1-11-14-15(12-6-3-2-4-7-12)24-10-13(23)20-16(14)22(21-11)17-18-8-5-9-19-17/h2-9,15H,10H2,1H3,(H,20,23)/t15-/m1/s1. The molecule has 0 spiro atoms. The lowest BCUT2D eigenvalue weighted by atomic mass is 10.0. The van der Waals surface area contributed by atoms with Crippen molar-refractivity contribution >= 4 is 23.5 Å². The lowest BCUT2D eigenvalue weighted by molar-refractivity contribution is -0.113. The van der Waals surface area contributed by atoms with Crippen molar-refractivity contribution in [3.63, 3.8) is 0 Å². The van der Waals surface area contributed by atoms with Crippen LogP contribution in [0.1, 0.15) is 22.1 Å². The van der Waals surface area contributed by atoms with Gasteiger partial charge in [0.1, 0.15) is 5.82 Å². The molecule has 0 bridgehead atoms. The van der Waals surface area contributed by atoms with Crippen molar-refractivity contribution < 1.29 is 4.79 Å². The SMILES string of the molecule is Cc1nn(-c2ncccn2)c2c1[C@@H](c1ccccc1)SCC(=O)N2. The Morgan fingerprint density at radius 1 is 1.17 bits per heavy atom. The van der Waals surface area contributed by atoms with Crippen LogP contribution in [0.5, 0.6) is 0 Å². The zero-order valence-corrected chi connectivity index (χ0v) is 13.8. The molecular weight excluding hydrogens is 322 g/mol.